The topological polar surface area (TPSA) is 32.8 Å². The zero-order valence-corrected chi connectivity index (χ0v) is 13.5. The van der Waals surface area contributed by atoms with Gasteiger partial charge in [-0.05, 0) is 37.6 Å². The second kappa shape index (κ2) is 6.94. The van der Waals surface area contributed by atoms with Crippen LogP contribution in [0, 0.1) is 0 Å². The number of ether oxygens (including phenoxy) is 1. The molecular weight excluding hydrogens is 264 g/mol. The van der Waals surface area contributed by atoms with Crippen LogP contribution >= 0.6 is 0 Å². The summed E-state index contributed by atoms with van der Waals surface area (Å²) in [6.45, 7) is 9.59. The van der Waals surface area contributed by atoms with Crippen LogP contribution in [0.5, 0.6) is 5.75 Å². The molecule has 1 aromatic rings. The summed E-state index contributed by atoms with van der Waals surface area (Å²) in [6.07, 6.45) is -0.432. The van der Waals surface area contributed by atoms with Crippen molar-refractivity contribution < 1.29 is 9.53 Å². The molecule has 1 aliphatic rings. The highest BCUT2D eigenvalue weighted by molar-refractivity contribution is 5.81. The van der Waals surface area contributed by atoms with Gasteiger partial charge in [-0.2, -0.15) is 0 Å². The Kier molecular flexibility index (Phi) is 5.23. The van der Waals surface area contributed by atoms with Gasteiger partial charge in [-0.15, -0.1) is 0 Å². The summed E-state index contributed by atoms with van der Waals surface area (Å²) in [6, 6.07) is 8.02. The molecule has 1 atom stereocenters. The summed E-state index contributed by atoms with van der Waals surface area (Å²) in [4.78, 5) is 16.5. The first-order chi connectivity index (χ1) is 9.97. The highest BCUT2D eigenvalue weighted by atomic mass is 16.5. The van der Waals surface area contributed by atoms with E-state index in [1.807, 2.05) is 24.0 Å². The Morgan fingerprint density at radius 1 is 1.05 bits per heavy atom. The number of nitrogens with zero attached hydrogens (tertiary/aromatic N) is 2. The zero-order chi connectivity index (χ0) is 15.4. The average Bonchev–Trinajstić information content (AvgIpc) is 2.47. The van der Waals surface area contributed by atoms with Crippen LogP contribution in [0.25, 0.3) is 0 Å². The van der Waals surface area contributed by atoms with E-state index in [1.165, 1.54) is 5.56 Å². The van der Waals surface area contributed by atoms with Crippen LogP contribution in [0.2, 0.25) is 0 Å². The maximum atomic E-state index is 12.4. The molecule has 0 saturated carbocycles. The number of amides is 1. The molecule has 4 heteroatoms. The molecule has 1 fully saturated rings. The number of piperazine rings is 1. The number of hydrogen-bond acceptors (Lipinski definition) is 3. The van der Waals surface area contributed by atoms with Gasteiger partial charge in [0, 0.05) is 26.2 Å². The average molecular weight is 290 g/mol. The maximum absolute atomic E-state index is 12.4. The van der Waals surface area contributed by atoms with E-state index in [2.05, 4.69) is 37.9 Å². The smallest absolute Gasteiger partial charge is 0.263 e. The van der Waals surface area contributed by atoms with E-state index in [4.69, 9.17) is 4.74 Å². The van der Waals surface area contributed by atoms with E-state index in [0.29, 0.717) is 5.92 Å². The SMILES string of the molecule is CC(Oc1ccc(C(C)C)cc1)C(=O)N1CCN(C)CC1. The van der Waals surface area contributed by atoms with Gasteiger partial charge in [0.2, 0.25) is 0 Å². The van der Waals surface area contributed by atoms with Gasteiger partial charge in [0.05, 0.1) is 0 Å². The zero-order valence-electron chi connectivity index (χ0n) is 13.5. The minimum Gasteiger partial charge on any atom is -0.481 e. The molecule has 0 N–H and O–H groups in total. The minimum atomic E-state index is -0.432. The van der Waals surface area contributed by atoms with Crippen LogP contribution in [-0.4, -0.2) is 55.0 Å². The predicted octanol–water partition coefficient (Wildman–Crippen LogP) is 2.35. The van der Waals surface area contributed by atoms with Crippen LogP contribution in [0.3, 0.4) is 0 Å². The molecule has 1 amide bonds. The molecule has 4 nitrogen and oxygen atoms in total. The first-order valence-electron chi connectivity index (χ1n) is 7.71. The lowest BCUT2D eigenvalue weighted by atomic mass is 10.0. The Labute approximate surface area is 127 Å². The summed E-state index contributed by atoms with van der Waals surface area (Å²) in [5, 5.41) is 0. The molecule has 1 heterocycles. The Hall–Kier alpha value is -1.55. The molecular formula is C17H26N2O2. The minimum absolute atomic E-state index is 0.0797. The normalized spacial score (nSPS) is 17.9. The first-order valence-corrected chi connectivity index (χ1v) is 7.71. The number of hydrogen-bond donors (Lipinski definition) is 0. The molecule has 0 aliphatic carbocycles. The van der Waals surface area contributed by atoms with Gasteiger partial charge in [0.1, 0.15) is 5.75 Å². The largest absolute Gasteiger partial charge is 0.481 e. The molecule has 2 rings (SSSR count). The summed E-state index contributed by atoms with van der Waals surface area (Å²) >= 11 is 0. The summed E-state index contributed by atoms with van der Waals surface area (Å²) in [5.41, 5.74) is 1.28. The van der Waals surface area contributed by atoms with Crippen molar-refractivity contribution in [3.05, 3.63) is 29.8 Å². The number of benzene rings is 1. The lowest BCUT2D eigenvalue weighted by Crippen LogP contribution is -2.50. The molecule has 0 bridgehead atoms. The lowest BCUT2D eigenvalue weighted by molar-refractivity contribution is -0.139. The van der Waals surface area contributed by atoms with E-state index in [-0.39, 0.29) is 5.91 Å². The number of carbonyl (C=O) groups is 1. The van der Waals surface area contributed by atoms with Gasteiger partial charge in [-0.3, -0.25) is 4.79 Å². The van der Waals surface area contributed by atoms with E-state index in [9.17, 15) is 4.79 Å². The summed E-state index contributed by atoms with van der Waals surface area (Å²) in [5.74, 6) is 1.34. The maximum Gasteiger partial charge on any atom is 0.263 e. The third-order valence-corrected chi connectivity index (χ3v) is 4.02. The van der Waals surface area contributed by atoms with Gasteiger partial charge in [0.15, 0.2) is 6.10 Å². The Morgan fingerprint density at radius 3 is 2.14 bits per heavy atom. The fraction of sp³-hybridized carbons (Fsp3) is 0.588. The van der Waals surface area contributed by atoms with Crippen LogP contribution in [0.4, 0.5) is 0 Å². The molecule has 1 saturated heterocycles. The van der Waals surface area contributed by atoms with Crippen molar-refractivity contribution in [3.8, 4) is 5.75 Å². The van der Waals surface area contributed by atoms with Crippen molar-refractivity contribution in [1.82, 2.24) is 9.80 Å². The summed E-state index contributed by atoms with van der Waals surface area (Å²) < 4.78 is 5.79. The first kappa shape index (κ1) is 15.8. The highest BCUT2D eigenvalue weighted by Crippen LogP contribution is 2.19. The Balaban J connectivity index is 1.91. The summed E-state index contributed by atoms with van der Waals surface area (Å²) in [7, 11) is 2.08. The standard InChI is InChI=1S/C17H26N2O2/c1-13(2)15-5-7-16(8-6-15)21-14(3)17(20)19-11-9-18(4)10-12-19/h5-8,13-14H,9-12H2,1-4H3. The van der Waals surface area contributed by atoms with Gasteiger partial charge in [0.25, 0.3) is 5.91 Å². The van der Waals surface area contributed by atoms with Crippen molar-refractivity contribution >= 4 is 5.91 Å². The molecule has 0 spiro atoms. The van der Waals surface area contributed by atoms with Gasteiger partial charge >= 0.3 is 0 Å². The van der Waals surface area contributed by atoms with Crippen LogP contribution in [0.15, 0.2) is 24.3 Å². The van der Waals surface area contributed by atoms with E-state index in [1.54, 1.807) is 0 Å². The Bertz CT molecular complexity index is 462. The molecule has 21 heavy (non-hydrogen) atoms. The van der Waals surface area contributed by atoms with Crippen molar-refractivity contribution in [1.29, 1.82) is 0 Å². The van der Waals surface area contributed by atoms with Crippen LogP contribution in [-0.2, 0) is 4.79 Å². The van der Waals surface area contributed by atoms with E-state index < -0.39 is 6.10 Å². The van der Waals surface area contributed by atoms with Crippen molar-refractivity contribution in [2.24, 2.45) is 0 Å². The van der Waals surface area contributed by atoms with Crippen molar-refractivity contribution in [3.63, 3.8) is 0 Å². The van der Waals surface area contributed by atoms with Gasteiger partial charge in [-0.1, -0.05) is 26.0 Å². The quantitative estimate of drug-likeness (QED) is 0.853. The molecule has 1 aliphatic heterocycles. The van der Waals surface area contributed by atoms with Crippen molar-refractivity contribution in [2.45, 2.75) is 32.8 Å². The van der Waals surface area contributed by atoms with Crippen molar-refractivity contribution in [2.75, 3.05) is 33.2 Å². The van der Waals surface area contributed by atoms with Gasteiger partial charge < -0.3 is 14.5 Å². The van der Waals surface area contributed by atoms with Crippen LogP contribution < -0.4 is 4.74 Å². The molecule has 0 radical (unpaired) electrons. The molecule has 116 valence electrons. The van der Waals surface area contributed by atoms with E-state index in [0.717, 1.165) is 31.9 Å². The fourth-order valence-electron chi connectivity index (χ4n) is 2.47. The lowest BCUT2D eigenvalue weighted by Gasteiger charge is -2.33. The third kappa shape index (κ3) is 4.21. The van der Waals surface area contributed by atoms with Crippen LogP contribution in [0.1, 0.15) is 32.3 Å². The molecule has 1 unspecified atom stereocenters. The fourth-order valence-corrected chi connectivity index (χ4v) is 2.47. The second-order valence-electron chi connectivity index (χ2n) is 6.11. The Morgan fingerprint density at radius 2 is 1.62 bits per heavy atom. The molecule has 0 aromatic heterocycles. The highest BCUT2D eigenvalue weighted by Gasteiger charge is 2.24. The van der Waals surface area contributed by atoms with E-state index >= 15 is 0 Å². The number of likely N-dealkylation sites (N-methyl/N-ethyl adjacent to an activating group) is 1. The van der Waals surface area contributed by atoms with Gasteiger partial charge in [-0.25, -0.2) is 0 Å². The number of carbonyl (C=O) groups excluding carboxylic acids is 1. The second-order valence-corrected chi connectivity index (χ2v) is 6.11. The number of rotatable bonds is 4. The molecule has 1 aromatic carbocycles. The predicted molar refractivity (Wildman–Crippen MR) is 84.7 cm³/mol. The monoisotopic (exact) mass is 290 g/mol. The third-order valence-electron chi connectivity index (χ3n) is 4.02.